The monoisotopic (exact) mass is 301 g/mol. The zero-order valence-corrected chi connectivity index (χ0v) is 13.0. The maximum Gasteiger partial charge on any atom is 0.123 e. The molecule has 5 nitrogen and oxygen atoms in total. The molecule has 1 aromatic carbocycles. The van der Waals surface area contributed by atoms with E-state index in [0.717, 1.165) is 36.8 Å². The van der Waals surface area contributed by atoms with E-state index in [4.69, 9.17) is 9.84 Å². The Balaban J connectivity index is 1.69. The van der Waals surface area contributed by atoms with Gasteiger partial charge < -0.3 is 14.8 Å². The lowest BCUT2D eigenvalue weighted by atomic mass is 10.1. The lowest BCUT2D eigenvalue weighted by molar-refractivity contribution is 0.200. The number of H-pyrrole nitrogens is 1. The highest BCUT2D eigenvalue weighted by molar-refractivity contribution is 5.28. The van der Waals surface area contributed by atoms with Crippen LogP contribution in [0.3, 0.4) is 0 Å². The van der Waals surface area contributed by atoms with Crippen molar-refractivity contribution in [3.8, 4) is 5.75 Å². The smallest absolute Gasteiger partial charge is 0.123 e. The number of nitrogens with zero attached hydrogens (tertiary/aromatic N) is 2. The number of likely N-dealkylation sites (tertiary alicyclic amines) is 1. The van der Waals surface area contributed by atoms with Crippen LogP contribution >= 0.6 is 0 Å². The van der Waals surface area contributed by atoms with Crippen LogP contribution in [0.4, 0.5) is 0 Å². The molecule has 3 rings (SSSR count). The van der Waals surface area contributed by atoms with Gasteiger partial charge in [0.15, 0.2) is 0 Å². The van der Waals surface area contributed by atoms with Gasteiger partial charge in [-0.05, 0) is 44.0 Å². The molecule has 0 spiro atoms. The van der Waals surface area contributed by atoms with Crippen LogP contribution in [0.25, 0.3) is 0 Å². The number of nitrogens with one attached hydrogen (secondary N) is 1. The number of aromatic amines is 1. The topological polar surface area (TPSA) is 61.4 Å². The van der Waals surface area contributed by atoms with Gasteiger partial charge in [-0.1, -0.05) is 12.1 Å². The fourth-order valence-corrected chi connectivity index (χ4v) is 3.06. The van der Waals surface area contributed by atoms with Crippen molar-refractivity contribution < 1.29 is 9.84 Å². The first-order valence-corrected chi connectivity index (χ1v) is 7.84. The Bertz CT molecular complexity index is 611. The summed E-state index contributed by atoms with van der Waals surface area (Å²) in [5, 5.41) is 8.85. The van der Waals surface area contributed by atoms with Gasteiger partial charge in [0.25, 0.3) is 0 Å². The van der Waals surface area contributed by atoms with Crippen molar-refractivity contribution >= 4 is 0 Å². The average molecular weight is 301 g/mol. The van der Waals surface area contributed by atoms with Gasteiger partial charge in [0.1, 0.15) is 18.2 Å². The van der Waals surface area contributed by atoms with Crippen molar-refractivity contribution in [1.29, 1.82) is 0 Å². The normalized spacial score (nSPS) is 18.7. The summed E-state index contributed by atoms with van der Waals surface area (Å²) in [5.74, 6) is 1.89. The molecule has 0 radical (unpaired) electrons. The van der Waals surface area contributed by atoms with Crippen molar-refractivity contribution in [2.45, 2.75) is 32.4 Å². The van der Waals surface area contributed by atoms with E-state index >= 15 is 0 Å². The Hall–Kier alpha value is -1.85. The first kappa shape index (κ1) is 15.1. The first-order chi connectivity index (χ1) is 10.8. The zero-order chi connectivity index (χ0) is 15.4. The molecule has 1 aliphatic heterocycles. The van der Waals surface area contributed by atoms with E-state index < -0.39 is 0 Å². The van der Waals surface area contributed by atoms with E-state index in [0.29, 0.717) is 12.6 Å². The number of benzene rings is 1. The van der Waals surface area contributed by atoms with Gasteiger partial charge in [0.05, 0.1) is 12.6 Å². The number of aliphatic hydroxyl groups excluding tert-OH is 1. The number of ether oxygens (including phenoxy) is 1. The minimum atomic E-state index is 0.0380. The molecule has 0 unspecified atom stereocenters. The minimum Gasteiger partial charge on any atom is -0.491 e. The van der Waals surface area contributed by atoms with Gasteiger partial charge in [-0.2, -0.15) is 0 Å². The average Bonchev–Trinajstić information content (AvgIpc) is 3.14. The molecule has 118 valence electrons. The van der Waals surface area contributed by atoms with Crippen molar-refractivity contribution in [2.24, 2.45) is 0 Å². The second kappa shape index (κ2) is 6.94. The molecule has 0 bridgehead atoms. The van der Waals surface area contributed by atoms with E-state index in [-0.39, 0.29) is 6.61 Å². The lowest BCUT2D eigenvalue weighted by Gasteiger charge is -2.23. The van der Waals surface area contributed by atoms with E-state index in [9.17, 15) is 0 Å². The molecule has 5 heteroatoms. The van der Waals surface area contributed by atoms with Crippen molar-refractivity contribution in [1.82, 2.24) is 14.9 Å². The third-order valence-corrected chi connectivity index (χ3v) is 4.05. The maximum atomic E-state index is 8.85. The number of rotatable bonds is 6. The molecular weight excluding hydrogens is 278 g/mol. The molecule has 1 fully saturated rings. The molecule has 1 atom stereocenters. The summed E-state index contributed by atoms with van der Waals surface area (Å²) in [6.45, 7) is 4.39. The van der Waals surface area contributed by atoms with Crippen LogP contribution in [0.1, 0.15) is 36.0 Å². The van der Waals surface area contributed by atoms with Crippen LogP contribution in [-0.4, -0.2) is 39.7 Å². The Morgan fingerprint density at radius 1 is 1.45 bits per heavy atom. The Kier molecular flexibility index (Phi) is 4.75. The predicted octanol–water partition coefficient (Wildman–Crippen LogP) is 2.43. The summed E-state index contributed by atoms with van der Waals surface area (Å²) in [6.07, 6.45) is 4.24. The Labute approximate surface area is 130 Å². The SMILES string of the molecule is Cc1cnc([C@H]2CCCN2Cc2cccc(OCCO)c2)[nH]1. The number of imidazole rings is 1. The second-order valence-corrected chi connectivity index (χ2v) is 5.80. The fraction of sp³-hybridized carbons (Fsp3) is 0.471. The molecule has 0 aliphatic carbocycles. The van der Waals surface area contributed by atoms with Crippen LogP contribution in [0.2, 0.25) is 0 Å². The summed E-state index contributed by atoms with van der Waals surface area (Å²) in [4.78, 5) is 10.3. The maximum absolute atomic E-state index is 8.85. The highest BCUT2D eigenvalue weighted by atomic mass is 16.5. The molecule has 1 aliphatic rings. The van der Waals surface area contributed by atoms with Gasteiger partial charge in [-0.3, -0.25) is 4.90 Å². The van der Waals surface area contributed by atoms with Crippen molar-refractivity contribution in [3.05, 3.63) is 47.5 Å². The Morgan fingerprint density at radius 2 is 2.36 bits per heavy atom. The number of aromatic nitrogens is 2. The largest absolute Gasteiger partial charge is 0.491 e. The molecular formula is C17H23N3O2. The van der Waals surface area contributed by atoms with Crippen LogP contribution in [-0.2, 0) is 6.54 Å². The summed E-state index contributed by atoms with van der Waals surface area (Å²) in [6, 6.07) is 8.48. The summed E-state index contributed by atoms with van der Waals surface area (Å²) in [7, 11) is 0. The lowest BCUT2D eigenvalue weighted by Crippen LogP contribution is -2.23. The molecule has 22 heavy (non-hydrogen) atoms. The third kappa shape index (κ3) is 3.48. The number of hydrogen-bond donors (Lipinski definition) is 2. The molecule has 2 N–H and O–H groups in total. The summed E-state index contributed by atoms with van der Waals surface area (Å²) >= 11 is 0. The van der Waals surface area contributed by atoms with E-state index in [1.54, 1.807) is 0 Å². The van der Waals surface area contributed by atoms with Crippen molar-refractivity contribution in [2.75, 3.05) is 19.8 Å². The van der Waals surface area contributed by atoms with E-state index in [2.05, 4.69) is 27.0 Å². The van der Waals surface area contributed by atoms with E-state index in [1.807, 2.05) is 25.3 Å². The van der Waals surface area contributed by atoms with Gasteiger partial charge in [-0.25, -0.2) is 4.98 Å². The molecule has 1 saturated heterocycles. The summed E-state index contributed by atoms with van der Waals surface area (Å²) < 4.78 is 5.49. The van der Waals surface area contributed by atoms with Gasteiger partial charge in [-0.15, -0.1) is 0 Å². The van der Waals surface area contributed by atoms with Crippen molar-refractivity contribution in [3.63, 3.8) is 0 Å². The summed E-state index contributed by atoms with van der Waals surface area (Å²) in [5.41, 5.74) is 2.34. The number of hydrogen-bond acceptors (Lipinski definition) is 4. The first-order valence-electron chi connectivity index (χ1n) is 7.84. The molecule has 2 aromatic rings. The Morgan fingerprint density at radius 3 is 3.14 bits per heavy atom. The van der Waals surface area contributed by atoms with Crippen LogP contribution in [0.5, 0.6) is 5.75 Å². The number of aliphatic hydroxyl groups is 1. The zero-order valence-electron chi connectivity index (χ0n) is 13.0. The minimum absolute atomic E-state index is 0.0380. The quantitative estimate of drug-likeness (QED) is 0.860. The third-order valence-electron chi connectivity index (χ3n) is 4.05. The highest BCUT2D eigenvalue weighted by Gasteiger charge is 2.28. The van der Waals surface area contributed by atoms with Crippen LogP contribution in [0, 0.1) is 6.92 Å². The number of aryl methyl sites for hydroxylation is 1. The fourth-order valence-electron chi connectivity index (χ4n) is 3.06. The standard InChI is InChI=1S/C17H23N3O2/c1-13-11-18-17(19-13)16-6-3-7-20(16)12-14-4-2-5-15(10-14)22-9-8-21/h2,4-5,10-11,16,21H,3,6-9,12H2,1H3,(H,18,19)/t16-/m1/s1. The highest BCUT2D eigenvalue weighted by Crippen LogP contribution is 2.31. The van der Waals surface area contributed by atoms with E-state index in [1.165, 1.54) is 12.0 Å². The van der Waals surface area contributed by atoms with Crippen LogP contribution < -0.4 is 4.74 Å². The van der Waals surface area contributed by atoms with Crippen LogP contribution in [0.15, 0.2) is 30.5 Å². The van der Waals surface area contributed by atoms with Gasteiger partial charge >= 0.3 is 0 Å². The molecule has 2 heterocycles. The van der Waals surface area contributed by atoms with Gasteiger partial charge in [0, 0.05) is 18.4 Å². The molecule has 1 aromatic heterocycles. The van der Waals surface area contributed by atoms with Gasteiger partial charge in [0.2, 0.25) is 0 Å². The second-order valence-electron chi connectivity index (χ2n) is 5.80. The predicted molar refractivity (Wildman–Crippen MR) is 84.7 cm³/mol. The molecule has 0 saturated carbocycles. The molecule has 0 amide bonds.